The van der Waals surface area contributed by atoms with Gasteiger partial charge in [0.25, 0.3) is 5.91 Å². The third-order valence-corrected chi connectivity index (χ3v) is 6.50. The van der Waals surface area contributed by atoms with E-state index in [4.69, 9.17) is 4.98 Å². The summed E-state index contributed by atoms with van der Waals surface area (Å²) in [7, 11) is 0. The second-order valence-corrected chi connectivity index (χ2v) is 9.17. The van der Waals surface area contributed by atoms with Gasteiger partial charge in [-0.1, -0.05) is 53.4 Å². The molecule has 0 aliphatic heterocycles. The van der Waals surface area contributed by atoms with Crippen LogP contribution in [-0.4, -0.2) is 21.3 Å². The van der Waals surface area contributed by atoms with Crippen LogP contribution in [0, 0.1) is 0 Å². The first kappa shape index (κ1) is 20.8. The van der Waals surface area contributed by atoms with Crippen molar-refractivity contribution in [1.82, 2.24) is 9.38 Å². The summed E-state index contributed by atoms with van der Waals surface area (Å²) in [5.74, 6) is 0.883. The molecule has 5 rings (SSSR count). The summed E-state index contributed by atoms with van der Waals surface area (Å²) in [6.45, 7) is 0. The van der Waals surface area contributed by atoms with Crippen LogP contribution in [0.15, 0.2) is 77.4 Å². The zero-order valence-corrected chi connectivity index (χ0v) is 19.3. The van der Waals surface area contributed by atoms with E-state index in [1.165, 1.54) is 32.1 Å². The molecule has 2 N–H and O–H groups in total. The maximum absolute atomic E-state index is 12.7. The molecule has 1 fully saturated rings. The summed E-state index contributed by atoms with van der Waals surface area (Å²) in [5, 5.41) is 6.78. The Hall–Kier alpha value is -3.12. The highest BCUT2D eigenvalue weighted by Gasteiger charge is 2.20. The number of aromatic nitrogens is 2. The Morgan fingerprint density at radius 1 is 0.969 bits per heavy atom. The smallest absolute Gasteiger partial charge is 0.255 e. The number of benzene rings is 2. The first-order chi connectivity index (χ1) is 15.7. The Morgan fingerprint density at radius 3 is 2.59 bits per heavy atom. The van der Waals surface area contributed by atoms with Crippen molar-refractivity contribution in [2.24, 2.45) is 0 Å². The Morgan fingerprint density at radius 2 is 1.78 bits per heavy atom. The second-order valence-electron chi connectivity index (χ2n) is 8.26. The highest BCUT2D eigenvalue weighted by Crippen LogP contribution is 2.32. The van der Waals surface area contributed by atoms with Crippen molar-refractivity contribution in [2.45, 2.75) is 38.1 Å². The monoisotopic (exact) mass is 488 g/mol. The molecule has 2 heterocycles. The van der Waals surface area contributed by atoms with E-state index in [0.717, 1.165) is 32.9 Å². The molecular formula is C26H25BrN4O. The fraction of sp³-hybridized carbons (Fsp3) is 0.231. The zero-order chi connectivity index (χ0) is 21.9. The number of amides is 1. The van der Waals surface area contributed by atoms with Crippen LogP contribution < -0.4 is 10.6 Å². The van der Waals surface area contributed by atoms with E-state index in [9.17, 15) is 4.79 Å². The molecule has 5 nitrogen and oxygen atoms in total. The third kappa shape index (κ3) is 4.41. The summed E-state index contributed by atoms with van der Waals surface area (Å²) in [5.41, 5.74) is 4.15. The number of carbonyl (C=O) groups excluding carboxylic acids is 1. The SMILES string of the molecule is O=C(Nc1cccc(-c2nc3ccccn3c2NC2CCCCC2)c1)c1ccc(Br)cc1. The van der Waals surface area contributed by atoms with Crippen molar-refractivity contribution in [3.05, 3.63) is 83.0 Å². The molecule has 1 amide bonds. The molecule has 1 aliphatic carbocycles. The maximum Gasteiger partial charge on any atom is 0.255 e. The predicted octanol–water partition coefficient (Wildman–Crippen LogP) is 6.76. The average Bonchev–Trinajstić information content (AvgIpc) is 3.19. The topological polar surface area (TPSA) is 58.4 Å². The fourth-order valence-electron chi connectivity index (χ4n) is 4.32. The minimum atomic E-state index is -0.134. The van der Waals surface area contributed by atoms with Crippen LogP contribution >= 0.6 is 15.9 Å². The van der Waals surface area contributed by atoms with E-state index >= 15 is 0 Å². The van der Waals surface area contributed by atoms with E-state index in [1.54, 1.807) is 12.1 Å². The van der Waals surface area contributed by atoms with Gasteiger partial charge in [0, 0.05) is 33.5 Å². The summed E-state index contributed by atoms with van der Waals surface area (Å²) >= 11 is 3.41. The molecule has 0 atom stereocenters. The van der Waals surface area contributed by atoms with Crippen molar-refractivity contribution in [2.75, 3.05) is 10.6 Å². The molecular weight excluding hydrogens is 464 g/mol. The number of hydrogen-bond donors (Lipinski definition) is 2. The molecule has 4 aromatic rings. The van der Waals surface area contributed by atoms with E-state index in [1.807, 2.05) is 54.6 Å². The van der Waals surface area contributed by atoms with Crippen LogP contribution in [0.4, 0.5) is 11.5 Å². The average molecular weight is 489 g/mol. The number of nitrogens with one attached hydrogen (secondary N) is 2. The van der Waals surface area contributed by atoms with Gasteiger partial charge in [-0.05, 0) is 61.4 Å². The van der Waals surface area contributed by atoms with Crippen LogP contribution in [0.5, 0.6) is 0 Å². The highest BCUT2D eigenvalue weighted by molar-refractivity contribution is 9.10. The Labute approximate surface area is 196 Å². The van der Waals surface area contributed by atoms with Crippen LogP contribution in [0.3, 0.4) is 0 Å². The van der Waals surface area contributed by atoms with Gasteiger partial charge < -0.3 is 10.6 Å². The number of anilines is 2. The summed E-state index contributed by atoms with van der Waals surface area (Å²) in [6, 6.07) is 21.8. The molecule has 162 valence electrons. The summed E-state index contributed by atoms with van der Waals surface area (Å²) < 4.78 is 3.07. The van der Waals surface area contributed by atoms with Crippen LogP contribution in [0.2, 0.25) is 0 Å². The van der Waals surface area contributed by atoms with Crippen LogP contribution in [-0.2, 0) is 0 Å². The molecule has 1 saturated carbocycles. The Balaban J connectivity index is 1.46. The summed E-state index contributed by atoms with van der Waals surface area (Å²) in [6.07, 6.45) is 8.27. The Bertz CT molecular complexity index is 1240. The van der Waals surface area contributed by atoms with Gasteiger partial charge in [-0.15, -0.1) is 0 Å². The predicted molar refractivity (Wildman–Crippen MR) is 133 cm³/mol. The molecule has 1 aliphatic rings. The quantitative estimate of drug-likeness (QED) is 0.326. The van der Waals surface area contributed by atoms with Gasteiger partial charge in [0.05, 0.1) is 0 Å². The minimum absolute atomic E-state index is 0.134. The lowest BCUT2D eigenvalue weighted by Crippen LogP contribution is -2.23. The standard InChI is InChI=1S/C26H25BrN4O/c27-20-14-12-18(13-15-20)26(32)29-22-10-6-7-19(17-22)24-25(28-21-8-2-1-3-9-21)31-16-5-4-11-23(31)30-24/h4-7,10-17,21,28H,1-3,8-9H2,(H,29,32). The molecule has 0 spiro atoms. The molecule has 2 aromatic carbocycles. The zero-order valence-electron chi connectivity index (χ0n) is 17.7. The lowest BCUT2D eigenvalue weighted by Gasteiger charge is -2.24. The normalized spacial score (nSPS) is 14.4. The van der Waals surface area contributed by atoms with Crippen molar-refractivity contribution in [3.63, 3.8) is 0 Å². The molecule has 0 bridgehead atoms. The van der Waals surface area contributed by atoms with Gasteiger partial charge in [0.15, 0.2) is 0 Å². The van der Waals surface area contributed by atoms with E-state index < -0.39 is 0 Å². The Kier molecular flexibility index (Phi) is 5.95. The van der Waals surface area contributed by atoms with E-state index in [-0.39, 0.29) is 5.91 Å². The van der Waals surface area contributed by atoms with Gasteiger partial charge in [0.1, 0.15) is 17.2 Å². The van der Waals surface area contributed by atoms with Gasteiger partial charge in [0.2, 0.25) is 0 Å². The first-order valence-electron chi connectivity index (χ1n) is 11.1. The fourth-order valence-corrected chi connectivity index (χ4v) is 4.59. The van der Waals surface area contributed by atoms with Crippen molar-refractivity contribution >= 4 is 39.0 Å². The summed E-state index contributed by atoms with van der Waals surface area (Å²) in [4.78, 5) is 17.6. The molecule has 2 aromatic heterocycles. The molecule has 0 unspecified atom stereocenters. The first-order valence-corrected chi connectivity index (χ1v) is 11.9. The van der Waals surface area contributed by atoms with Crippen molar-refractivity contribution < 1.29 is 4.79 Å². The maximum atomic E-state index is 12.7. The molecule has 6 heteroatoms. The molecule has 0 radical (unpaired) electrons. The van der Waals surface area contributed by atoms with E-state index in [0.29, 0.717) is 11.6 Å². The number of carbonyl (C=O) groups is 1. The number of halogens is 1. The van der Waals surface area contributed by atoms with E-state index in [2.05, 4.69) is 37.2 Å². The number of nitrogens with zero attached hydrogens (tertiary/aromatic N) is 2. The number of pyridine rings is 1. The number of rotatable bonds is 5. The largest absolute Gasteiger partial charge is 0.367 e. The number of hydrogen-bond acceptors (Lipinski definition) is 3. The van der Waals surface area contributed by atoms with Gasteiger partial charge in [-0.3, -0.25) is 9.20 Å². The molecule has 0 saturated heterocycles. The number of imidazole rings is 1. The van der Waals surface area contributed by atoms with Gasteiger partial charge in [-0.2, -0.15) is 0 Å². The second kappa shape index (κ2) is 9.17. The van der Waals surface area contributed by atoms with Crippen molar-refractivity contribution in [1.29, 1.82) is 0 Å². The molecule has 32 heavy (non-hydrogen) atoms. The highest BCUT2D eigenvalue weighted by atomic mass is 79.9. The number of fused-ring (bicyclic) bond motifs is 1. The van der Waals surface area contributed by atoms with Gasteiger partial charge in [-0.25, -0.2) is 4.98 Å². The van der Waals surface area contributed by atoms with Crippen LogP contribution in [0.25, 0.3) is 16.9 Å². The van der Waals surface area contributed by atoms with Gasteiger partial charge >= 0.3 is 0 Å². The minimum Gasteiger partial charge on any atom is -0.367 e. The lowest BCUT2D eigenvalue weighted by atomic mass is 9.95. The van der Waals surface area contributed by atoms with Crippen molar-refractivity contribution in [3.8, 4) is 11.3 Å². The third-order valence-electron chi connectivity index (χ3n) is 5.98. The van der Waals surface area contributed by atoms with Crippen LogP contribution in [0.1, 0.15) is 42.5 Å². The lowest BCUT2D eigenvalue weighted by molar-refractivity contribution is 0.102.